The quantitative estimate of drug-likeness (QED) is 0.0532. The molecule has 1 unspecified atom stereocenters. The van der Waals surface area contributed by atoms with E-state index in [4.69, 9.17) is 67.8 Å². The molecule has 0 heterocycles. The zero-order valence-electron chi connectivity index (χ0n) is 27.6. The van der Waals surface area contributed by atoms with Crippen LogP contribution in [0.2, 0.25) is 0 Å². The molecule has 0 N–H and O–H groups in total. The average Bonchev–Trinajstić information content (AvgIpc) is 3.02. The monoisotopic (exact) mass is 674 g/mol. The second-order valence-corrected chi connectivity index (χ2v) is 11.9. The molecule has 0 aromatic rings. The van der Waals surface area contributed by atoms with Gasteiger partial charge < -0.3 is 61.4 Å². The molecule has 0 fully saturated rings. The van der Waals surface area contributed by atoms with Gasteiger partial charge in [-0.15, -0.1) is 6.42 Å². The van der Waals surface area contributed by atoms with E-state index >= 15 is 0 Å². The smallest absolute Gasteiger partial charge is 0.202 e. The lowest BCUT2D eigenvalue weighted by Crippen LogP contribution is -2.15. The van der Waals surface area contributed by atoms with Gasteiger partial charge in [-0.1, -0.05) is 5.92 Å². The van der Waals surface area contributed by atoms with Gasteiger partial charge in [-0.25, -0.2) is 0 Å². The fourth-order valence-corrected chi connectivity index (χ4v) is 4.25. The molecule has 0 rings (SSSR count). The fraction of sp³-hybridized carbons (Fsp3) is 0.933. The Morgan fingerprint density at radius 2 is 0.644 bits per heavy atom. The second-order valence-electron chi connectivity index (χ2n) is 9.15. The van der Waals surface area contributed by atoms with E-state index in [0.717, 1.165) is 0 Å². The van der Waals surface area contributed by atoms with Crippen molar-refractivity contribution in [2.75, 3.05) is 178 Å². The molecule has 0 aromatic carbocycles. The van der Waals surface area contributed by atoms with Gasteiger partial charge >= 0.3 is 0 Å². The molecule has 45 heavy (non-hydrogen) atoms. The van der Waals surface area contributed by atoms with E-state index in [-0.39, 0.29) is 0 Å². The van der Waals surface area contributed by atoms with Crippen LogP contribution in [0.25, 0.3) is 0 Å². The summed E-state index contributed by atoms with van der Waals surface area (Å²) in [6.07, 6.45) is 5.49. The van der Waals surface area contributed by atoms with Crippen LogP contribution in [0.3, 0.4) is 0 Å². The summed E-state index contributed by atoms with van der Waals surface area (Å²) in [6.45, 7) is 15.5. The van der Waals surface area contributed by atoms with Crippen LogP contribution >= 0.6 is 7.37 Å². The van der Waals surface area contributed by atoms with Gasteiger partial charge in [0.25, 0.3) is 0 Å². The predicted octanol–water partition coefficient (Wildman–Crippen LogP) is 1.76. The molecule has 0 amide bonds. The topological polar surface area (TPSA) is 137 Å². The summed E-state index contributed by atoms with van der Waals surface area (Å²) >= 11 is 0. The summed E-state index contributed by atoms with van der Waals surface area (Å²) < 4.78 is 82.0. The maximum atomic E-state index is 11.9. The minimum Gasteiger partial charge on any atom is -0.378 e. The Hall–Kier alpha value is -0.730. The number of hydrogen-bond acceptors (Lipinski definition) is 14. The summed E-state index contributed by atoms with van der Waals surface area (Å²) in [5.41, 5.74) is 0. The predicted molar refractivity (Wildman–Crippen MR) is 169 cm³/mol. The molecule has 0 bridgehead atoms. The van der Waals surface area contributed by atoms with Crippen LogP contribution < -0.4 is 0 Å². The highest BCUT2D eigenvalue weighted by Crippen LogP contribution is 2.41. The van der Waals surface area contributed by atoms with Crippen LogP contribution in [0.15, 0.2) is 0 Å². The van der Waals surface area contributed by atoms with E-state index in [9.17, 15) is 4.57 Å². The molecule has 0 radical (unpaired) electrons. The highest BCUT2D eigenvalue weighted by atomic mass is 31.2. The van der Waals surface area contributed by atoms with Crippen molar-refractivity contribution in [2.45, 2.75) is 6.92 Å². The Balaban J connectivity index is 3.08. The Bertz CT molecular complexity index is 667. The first-order valence-corrected chi connectivity index (χ1v) is 18.0. The van der Waals surface area contributed by atoms with E-state index in [1.54, 1.807) is 6.66 Å². The third-order valence-electron chi connectivity index (χ3n) is 5.32. The van der Waals surface area contributed by atoms with E-state index in [1.165, 1.54) is 0 Å². The number of rotatable bonds is 39. The number of ether oxygens (including phenoxy) is 12. The standard InChI is InChI=1S/C30H59O14P/c1-4-6-32-7-8-33-9-10-34-11-12-35-13-14-36-15-16-37-17-18-38-19-20-39-21-22-40-23-24-41-25-26-42-27-28-43-29-30-45(3,31)44-5-2/h1H,5-30H2,2-3H3. The molecule has 15 heteroatoms. The minimum atomic E-state index is -2.53. The van der Waals surface area contributed by atoms with Gasteiger partial charge in [0.1, 0.15) is 6.61 Å². The van der Waals surface area contributed by atoms with Gasteiger partial charge in [-0.2, -0.15) is 0 Å². The molecular formula is C30H59O14P. The van der Waals surface area contributed by atoms with Crippen LogP contribution in [0.1, 0.15) is 6.92 Å². The summed E-state index contributed by atoms with van der Waals surface area (Å²) in [4.78, 5) is 0. The van der Waals surface area contributed by atoms with Crippen molar-refractivity contribution >= 4 is 7.37 Å². The largest absolute Gasteiger partial charge is 0.378 e. The molecule has 0 aliphatic carbocycles. The van der Waals surface area contributed by atoms with Crippen molar-refractivity contribution in [1.82, 2.24) is 0 Å². The van der Waals surface area contributed by atoms with Gasteiger partial charge in [0.15, 0.2) is 0 Å². The Morgan fingerprint density at radius 1 is 0.422 bits per heavy atom. The zero-order valence-corrected chi connectivity index (χ0v) is 28.5. The molecule has 0 aliphatic heterocycles. The van der Waals surface area contributed by atoms with Crippen molar-refractivity contribution in [3.8, 4) is 12.3 Å². The van der Waals surface area contributed by atoms with E-state index in [0.29, 0.717) is 171 Å². The van der Waals surface area contributed by atoms with Gasteiger partial charge in [0, 0.05) is 12.8 Å². The first-order chi connectivity index (χ1) is 22.1. The summed E-state index contributed by atoms with van der Waals surface area (Å²) in [5, 5.41) is 0. The third kappa shape index (κ3) is 39.4. The van der Waals surface area contributed by atoms with Crippen LogP contribution in [0.4, 0.5) is 0 Å². The van der Waals surface area contributed by atoms with Crippen LogP contribution in [-0.4, -0.2) is 178 Å². The normalized spacial score (nSPS) is 12.8. The molecule has 268 valence electrons. The van der Waals surface area contributed by atoms with Gasteiger partial charge in [-0.3, -0.25) is 4.57 Å². The second kappa shape index (κ2) is 37.7. The van der Waals surface area contributed by atoms with Gasteiger partial charge in [0.2, 0.25) is 7.37 Å². The Kier molecular flexibility index (Phi) is 37.1. The molecule has 0 aliphatic rings. The average molecular weight is 675 g/mol. The lowest BCUT2D eigenvalue weighted by atomic mass is 10.6. The summed E-state index contributed by atoms with van der Waals surface area (Å²) in [7, 11) is -2.53. The Morgan fingerprint density at radius 3 is 0.867 bits per heavy atom. The van der Waals surface area contributed by atoms with Crippen LogP contribution in [-0.2, 0) is 65.9 Å². The first-order valence-electron chi connectivity index (χ1n) is 15.7. The van der Waals surface area contributed by atoms with Crippen molar-refractivity contribution in [2.24, 2.45) is 0 Å². The molecule has 0 aromatic heterocycles. The van der Waals surface area contributed by atoms with E-state index < -0.39 is 7.37 Å². The fourth-order valence-electron chi connectivity index (χ4n) is 3.12. The lowest BCUT2D eigenvalue weighted by Gasteiger charge is -2.12. The first kappa shape index (κ1) is 44.3. The molecule has 0 saturated carbocycles. The maximum Gasteiger partial charge on any atom is 0.202 e. The molecule has 0 spiro atoms. The van der Waals surface area contributed by atoms with Crippen molar-refractivity contribution in [3.05, 3.63) is 0 Å². The summed E-state index contributed by atoms with van der Waals surface area (Å²) in [5.74, 6) is 2.40. The minimum absolute atomic E-state index is 0.305. The van der Waals surface area contributed by atoms with E-state index in [1.807, 2.05) is 6.92 Å². The van der Waals surface area contributed by atoms with Crippen LogP contribution in [0, 0.1) is 12.3 Å². The highest BCUT2D eigenvalue weighted by Gasteiger charge is 2.14. The zero-order chi connectivity index (χ0) is 32.8. The SMILES string of the molecule is C#CCOCCOCCOCCOCCOCCOCCOCCOCCOCCOCCOCCOCCP(C)(=O)OCC. The van der Waals surface area contributed by atoms with Crippen molar-refractivity contribution in [1.29, 1.82) is 0 Å². The third-order valence-corrected chi connectivity index (χ3v) is 7.12. The molecule has 0 saturated heterocycles. The molecule has 1 atom stereocenters. The summed E-state index contributed by atoms with van der Waals surface area (Å²) in [6, 6.07) is 0. The van der Waals surface area contributed by atoms with E-state index in [2.05, 4.69) is 5.92 Å². The number of terminal acetylenes is 1. The lowest BCUT2D eigenvalue weighted by molar-refractivity contribution is -0.0280. The molecular weight excluding hydrogens is 615 g/mol. The van der Waals surface area contributed by atoms with Crippen LogP contribution in [0.5, 0.6) is 0 Å². The maximum absolute atomic E-state index is 11.9. The van der Waals surface area contributed by atoms with Crippen molar-refractivity contribution in [3.63, 3.8) is 0 Å². The van der Waals surface area contributed by atoms with Crippen molar-refractivity contribution < 1.29 is 65.9 Å². The van der Waals surface area contributed by atoms with Gasteiger partial charge in [0.05, 0.1) is 159 Å². The van der Waals surface area contributed by atoms with Gasteiger partial charge in [-0.05, 0) is 6.92 Å². The molecule has 14 nitrogen and oxygen atoms in total. The highest BCUT2D eigenvalue weighted by molar-refractivity contribution is 7.58. The Labute approximate surface area is 270 Å². The number of hydrogen-bond donors (Lipinski definition) is 0.